The van der Waals surface area contributed by atoms with Crippen LogP contribution in [-0.2, 0) is 9.47 Å². The van der Waals surface area contributed by atoms with Gasteiger partial charge in [0.2, 0.25) is 0 Å². The van der Waals surface area contributed by atoms with Gasteiger partial charge in [0.15, 0.2) is 0 Å². The van der Waals surface area contributed by atoms with Crippen LogP contribution in [0, 0.1) is 6.92 Å². The van der Waals surface area contributed by atoms with Crippen molar-refractivity contribution in [2.24, 2.45) is 0 Å². The summed E-state index contributed by atoms with van der Waals surface area (Å²) in [5, 5.41) is 0. The maximum atomic E-state index is 5.64. The summed E-state index contributed by atoms with van der Waals surface area (Å²) in [4.78, 5) is 0. The van der Waals surface area contributed by atoms with Crippen LogP contribution in [0.5, 0.6) is 0 Å². The monoisotopic (exact) mass is 356 g/mol. The Balaban J connectivity index is 0. The number of hydrogen-bond donors (Lipinski definition) is 0. The van der Waals surface area contributed by atoms with Crippen molar-refractivity contribution in [3.05, 3.63) is 31.1 Å². The van der Waals surface area contributed by atoms with E-state index in [-0.39, 0.29) is 46.1 Å². The van der Waals surface area contributed by atoms with Crippen molar-refractivity contribution in [3.63, 3.8) is 0 Å². The molecule has 1 rings (SSSR count). The molecule has 0 saturated carbocycles. The second kappa shape index (κ2) is 15.8. The van der Waals surface area contributed by atoms with Crippen molar-refractivity contribution in [2.75, 3.05) is 13.9 Å². The van der Waals surface area contributed by atoms with Crippen LogP contribution < -0.4 is 17.0 Å². The summed E-state index contributed by atoms with van der Waals surface area (Å²) < 4.78 is 16.0. The van der Waals surface area contributed by atoms with Crippen molar-refractivity contribution in [1.82, 2.24) is 0 Å². The molecule has 0 aliphatic rings. The topological polar surface area (TPSA) is 31.6 Å². The molecule has 5 heteroatoms. The average molecular weight is 358 g/mol. The van der Waals surface area contributed by atoms with E-state index in [1.54, 1.807) is 13.4 Å². The second-order valence-corrected chi connectivity index (χ2v) is 4.49. The standard InChI is InChI=1S/C15H25O3.BrH.Mg/c1-3-4-5-6-7-8-10-15(18-13-16-2)14-11-9-12-17-14;;/h9,11-12,15H,1,3-8,10,13H2,2H3;1H;/q-1;;+2/p-1/t15-;;/m0../s1. The number of rotatable bonds is 11. The van der Waals surface area contributed by atoms with E-state index in [9.17, 15) is 0 Å². The van der Waals surface area contributed by atoms with Gasteiger partial charge in [-0.25, -0.2) is 0 Å². The van der Waals surface area contributed by atoms with E-state index in [2.05, 4.69) is 6.92 Å². The first-order chi connectivity index (χ1) is 8.88. The Kier molecular flexibility index (Phi) is 18.0. The molecule has 1 aromatic heterocycles. The maximum absolute atomic E-state index is 5.64. The zero-order chi connectivity index (χ0) is 13.1. The van der Waals surface area contributed by atoms with Gasteiger partial charge in [0.05, 0.1) is 6.26 Å². The molecule has 0 aliphatic carbocycles. The molecule has 0 bridgehead atoms. The minimum Gasteiger partial charge on any atom is -1.00 e. The number of halogens is 1. The number of hydrogen-bond acceptors (Lipinski definition) is 3. The molecule has 1 atom stereocenters. The summed E-state index contributed by atoms with van der Waals surface area (Å²) in [7, 11) is 1.64. The molecular formula is C15H25BrMgO3. The van der Waals surface area contributed by atoms with E-state index in [1.165, 1.54) is 25.7 Å². The molecule has 3 nitrogen and oxygen atoms in total. The minimum absolute atomic E-state index is 0. The van der Waals surface area contributed by atoms with Crippen LogP contribution in [0.15, 0.2) is 22.8 Å². The molecule has 112 valence electrons. The van der Waals surface area contributed by atoms with Gasteiger partial charge in [0.25, 0.3) is 0 Å². The van der Waals surface area contributed by atoms with Gasteiger partial charge in [-0.1, -0.05) is 32.1 Å². The van der Waals surface area contributed by atoms with Crippen LogP contribution in [0.2, 0.25) is 0 Å². The summed E-state index contributed by atoms with van der Waals surface area (Å²) >= 11 is 0. The van der Waals surface area contributed by atoms with Gasteiger partial charge in [-0.2, -0.15) is 6.42 Å². The van der Waals surface area contributed by atoms with E-state index < -0.39 is 0 Å². The first-order valence-corrected chi connectivity index (χ1v) is 6.81. The molecule has 20 heavy (non-hydrogen) atoms. The summed E-state index contributed by atoms with van der Waals surface area (Å²) in [5.74, 6) is 0.893. The Morgan fingerprint density at radius 3 is 2.50 bits per heavy atom. The molecule has 1 heterocycles. The average Bonchev–Trinajstić information content (AvgIpc) is 2.91. The van der Waals surface area contributed by atoms with Gasteiger partial charge in [-0.3, -0.25) is 0 Å². The van der Waals surface area contributed by atoms with E-state index in [4.69, 9.17) is 13.9 Å². The van der Waals surface area contributed by atoms with E-state index >= 15 is 0 Å². The first-order valence-electron chi connectivity index (χ1n) is 6.81. The molecule has 0 spiro atoms. The largest absolute Gasteiger partial charge is 2.00 e. The Morgan fingerprint density at radius 2 is 1.90 bits per heavy atom. The van der Waals surface area contributed by atoms with E-state index in [0.717, 1.165) is 25.0 Å². The number of unbranched alkanes of at least 4 members (excludes halogenated alkanes) is 5. The quantitative estimate of drug-likeness (QED) is 0.257. The molecule has 0 radical (unpaired) electrons. The van der Waals surface area contributed by atoms with Crippen molar-refractivity contribution in [2.45, 2.75) is 51.0 Å². The number of furan rings is 1. The van der Waals surface area contributed by atoms with Crippen LogP contribution in [0.4, 0.5) is 0 Å². The van der Waals surface area contributed by atoms with Gasteiger partial charge >= 0.3 is 23.1 Å². The van der Waals surface area contributed by atoms with Gasteiger partial charge in [-0.15, -0.1) is 0 Å². The van der Waals surface area contributed by atoms with Crippen LogP contribution in [-0.4, -0.2) is 37.0 Å². The van der Waals surface area contributed by atoms with E-state index in [1.807, 2.05) is 12.1 Å². The maximum Gasteiger partial charge on any atom is 2.00 e. The molecule has 0 N–H and O–H groups in total. The van der Waals surface area contributed by atoms with Crippen LogP contribution >= 0.6 is 0 Å². The third-order valence-corrected chi connectivity index (χ3v) is 2.96. The fraction of sp³-hybridized carbons (Fsp3) is 0.667. The molecule has 0 amide bonds. The van der Waals surface area contributed by atoms with Crippen LogP contribution in [0.25, 0.3) is 0 Å². The Bertz CT molecular complexity index is 281. The predicted molar refractivity (Wildman–Crippen MR) is 77.8 cm³/mol. The summed E-state index contributed by atoms with van der Waals surface area (Å²) in [5.41, 5.74) is 0. The summed E-state index contributed by atoms with van der Waals surface area (Å²) in [6.45, 7) is 4.17. The normalized spacial score (nSPS) is 11.5. The van der Waals surface area contributed by atoms with Crippen LogP contribution in [0.1, 0.15) is 56.8 Å². The third-order valence-electron chi connectivity index (χ3n) is 2.96. The summed E-state index contributed by atoms with van der Waals surface area (Å²) in [6, 6.07) is 3.86. The van der Waals surface area contributed by atoms with Gasteiger partial charge in [-0.05, 0) is 18.6 Å². The molecule has 0 aliphatic heterocycles. The zero-order valence-electron chi connectivity index (χ0n) is 12.5. The SMILES string of the molecule is [Br-].[CH2-]CCCCCCC[C@H](OCOC)c1ccco1.[Mg+2]. The van der Waals surface area contributed by atoms with Crippen LogP contribution in [0.3, 0.4) is 0 Å². The Hall–Kier alpha value is 0.446. The fourth-order valence-corrected chi connectivity index (χ4v) is 1.97. The fourth-order valence-electron chi connectivity index (χ4n) is 1.97. The first kappa shape index (κ1) is 22.7. The second-order valence-electron chi connectivity index (χ2n) is 4.49. The van der Waals surface area contributed by atoms with Crippen molar-refractivity contribution in [3.8, 4) is 0 Å². The molecule has 0 fully saturated rings. The summed E-state index contributed by atoms with van der Waals surface area (Å²) in [6.07, 6.45) is 9.95. The molecular weight excluding hydrogens is 332 g/mol. The molecule has 1 aromatic rings. The van der Waals surface area contributed by atoms with Gasteiger partial charge in [0, 0.05) is 7.11 Å². The third kappa shape index (κ3) is 10.2. The zero-order valence-corrected chi connectivity index (χ0v) is 15.5. The van der Waals surface area contributed by atoms with Gasteiger partial charge < -0.3 is 37.8 Å². The number of methoxy groups -OCH3 is 1. The number of ether oxygens (including phenoxy) is 2. The Labute approximate surface area is 149 Å². The van der Waals surface area contributed by atoms with Crippen molar-refractivity contribution >= 4 is 23.1 Å². The van der Waals surface area contributed by atoms with Crippen molar-refractivity contribution in [1.29, 1.82) is 0 Å². The van der Waals surface area contributed by atoms with Gasteiger partial charge in [0.1, 0.15) is 18.7 Å². The minimum atomic E-state index is 0. The smallest absolute Gasteiger partial charge is 1.00 e. The van der Waals surface area contributed by atoms with E-state index in [0.29, 0.717) is 6.79 Å². The predicted octanol–water partition coefficient (Wildman–Crippen LogP) is 1.13. The molecule has 0 aromatic carbocycles. The van der Waals surface area contributed by atoms with Crippen molar-refractivity contribution < 1.29 is 30.9 Å². The molecule has 0 saturated heterocycles. The Morgan fingerprint density at radius 1 is 1.20 bits per heavy atom. The molecule has 0 unspecified atom stereocenters.